The van der Waals surface area contributed by atoms with E-state index < -0.39 is 5.97 Å². The second-order valence-electron chi connectivity index (χ2n) is 4.44. The summed E-state index contributed by atoms with van der Waals surface area (Å²) in [6, 6.07) is 0.483. The Morgan fingerprint density at radius 2 is 2.17 bits per heavy atom. The van der Waals surface area contributed by atoms with Crippen LogP contribution in [0.1, 0.15) is 19.7 Å². The summed E-state index contributed by atoms with van der Waals surface area (Å²) in [5, 5.41) is 17.4. The van der Waals surface area contributed by atoms with E-state index in [1.807, 2.05) is 11.5 Å². The van der Waals surface area contributed by atoms with E-state index in [0.717, 1.165) is 18.9 Å². The summed E-state index contributed by atoms with van der Waals surface area (Å²) in [4.78, 5) is 12.8. The van der Waals surface area contributed by atoms with Gasteiger partial charge in [-0.15, -0.1) is 10.2 Å². The summed E-state index contributed by atoms with van der Waals surface area (Å²) >= 11 is 1.21. The molecule has 102 valence electrons. The first-order valence-electron chi connectivity index (χ1n) is 5.86. The maximum Gasteiger partial charge on any atom is 0.313 e. The molecule has 0 unspecified atom stereocenters. The molecular weight excluding hydrogens is 252 g/mol. The quantitative estimate of drug-likeness (QED) is 0.750. The third-order valence-corrected chi connectivity index (χ3v) is 3.74. The van der Waals surface area contributed by atoms with E-state index in [0.29, 0.717) is 11.2 Å². The molecule has 0 amide bonds. The van der Waals surface area contributed by atoms with Crippen molar-refractivity contribution in [3.05, 3.63) is 5.82 Å². The number of carboxylic acids is 1. The highest BCUT2D eigenvalue weighted by Gasteiger charge is 2.12. The van der Waals surface area contributed by atoms with E-state index in [1.165, 1.54) is 11.8 Å². The van der Waals surface area contributed by atoms with E-state index in [2.05, 4.69) is 36.0 Å². The molecule has 0 aliphatic rings. The molecule has 0 atom stereocenters. The SMILES string of the molecule is Cc1nnc(SCC(=O)O)n1CCN(C)C(C)C. The summed E-state index contributed by atoms with van der Waals surface area (Å²) in [7, 11) is 2.06. The van der Waals surface area contributed by atoms with Gasteiger partial charge in [0.15, 0.2) is 5.16 Å². The zero-order chi connectivity index (χ0) is 13.7. The minimum absolute atomic E-state index is 0.0121. The molecule has 1 N–H and O–H groups in total. The van der Waals surface area contributed by atoms with Crippen LogP contribution < -0.4 is 0 Å². The Balaban J connectivity index is 2.63. The van der Waals surface area contributed by atoms with Crippen molar-refractivity contribution in [2.45, 2.75) is 38.5 Å². The van der Waals surface area contributed by atoms with Crippen LogP contribution in [0.3, 0.4) is 0 Å². The smallest absolute Gasteiger partial charge is 0.313 e. The maximum atomic E-state index is 10.6. The zero-order valence-electron chi connectivity index (χ0n) is 11.3. The van der Waals surface area contributed by atoms with E-state index >= 15 is 0 Å². The summed E-state index contributed by atoms with van der Waals surface area (Å²) in [6.07, 6.45) is 0. The average molecular weight is 272 g/mol. The van der Waals surface area contributed by atoms with Gasteiger partial charge in [0.2, 0.25) is 0 Å². The molecule has 0 aliphatic carbocycles. The molecule has 0 radical (unpaired) electrons. The lowest BCUT2D eigenvalue weighted by atomic mass is 10.3. The Morgan fingerprint density at radius 3 is 2.72 bits per heavy atom. The van der Waals surface area contributed by atoms with Gasteiger partial charge in [0, 0.05) is 19.1 Å². The van der Waals surface area contributed by atoms with Crippen LogP contribution >= 0.6 is 11.8 Å². The molecule has 0 spiro atoms. The number of likely N-dealkylation sites (N-methyl/N-ethyl adjacent to an activating group) is 1. The molecule has 6 nitrogen and oxygen atoms in total. The van der Waals surface area contributed by atoms with Crippen LogP contribution in [0.25, 0.3) is 0 Å². The van der Waals surface area contributed by atoms with Gasteiger partial charge in [-0.2, -0.15) is 0 Å². The third kappa shape index (κ3) is 4.30. The Hall–Kier alpha value is -1.08. The predicted molar refractivity (Wildman–Crippen MR) is 70.9 cm³/mol. The number of aromatic nitrogens is 3. The van der Waals surface area contributed by atoms with E-state index in [-0.39, 0.29) is 5.75 Å². The fraction of sp³-hybridized carbons (Fsp3) is 0.727. The van der Waals surface area contributed by atoms with Crippen LogP contribution in [0, 0.1) is 6.92 Å². The number of aliphatic carboxylic acids is 1. The predicted octanol–water partition coefficient (Wildman–Crippen LogP) is 1.10. The highest BCUT2D eigenvalue weighted by atomic mass is 32.2. The van der Waals surface area contributed by atoms with Crippen LogP contribution in [-0.4, -0.2) is 56.1 Å². The molecule has 0 saturated heterocycles. The standard InChI is InChI=1S/C11H20N4O2S/c1-8(2)14(4)5-6-15-9(3)12-13-11(15)18-7-10(16)17/h8H,5-7H2,1-4H3,(H,16,17). The molecule has 1 rings (SSSR count). The first kappa shape index (κ1) is 15.0. The molecule has 1 aromatic heterocycles. The molecule has 0 aromatic carbocycles. The Morgan fingerprint density at radius 1 is 1.50 bits per heavy atom. The maximum absolute atomic E-state index is 10.6. The number of carbonyl (C=O) groups is 1. The second kappa shape index (κ2) is 6.75. The van der Waals surface area contributed by atoms with E-state index in [1.54, 1.807) is 0 Å². The number of rotatable bonds is 7. The lowest BCUT2D eigenvalue weighted by Gasteiger charge is -2.21. The Kier molecular flexibility index (Phi) is 5.61. The van der Waals surface area contributed by atoms with Crippen LogP contribution in [0.5, 0.6) is 0 Å². The molecule has 0 bridgehead atoms. The van der Waals surface area contributed by atoms with Gasteiger partial charge in [-0.1, -0.05) is 11.8 Å². The minimum Gasteiger partial charge on any atom is -0.481 e. The molecule has 1 aromatic rings. The van der Waals surface area contributed by atoms with Gasteiger partial charge in [0.1, 0.15) is 5.82 Å². The minimum atomic E-state index is -0.841. The van der Waals surface area contributed by atoms with Gasteiger partial charge in [-0.05, 0) is 27.8 Å². The molecule has 7 heteroatoms. The highest BCUT2D eigenvalue weighted by molar-refractivity contribution is 7.99. The fourth-order valence-corrected chi connectivity index (χ4v) is 2.10. The van der Waals surface area contributed by atoms with Crippen LogP contribution in [0.4, 0.5) is 0 Å². The number of hydrogen-bond acceptors (Lipinski definition) is 5. The van der Waals surface area contributed by atoms with E-state index in [9.17, 15) is 4.79 Å². The number of carboxylic acid groups (broad SMARTS) is 1. The zero-order valence-corrected chi connectivity index (χ0v) is 12.1. The second-order valence-corrected chi connectivity index (χ2v) is 5.38. The van der Waals surface area contributed by atoms with Gasteiger partial charge >= 0.3 is 5.97 Å². The van der Waals surface area contributed by atoms with E-state index in [4.69, 9.17) is 5.11 Å². The summed E-state index contributed by atoms with van der Waals surface area (Å²) in [5.41, 5.74) is 0. The fourth-order valence-electron chi connectivity index (χ4n) is 1.37. The molecule has 18 heavy (non-hydrogen) atoms. The van der Waals surface area contributed by atoms with Crippen molar-refractivity contribution < 1.29 is 9.90 Å². The van der Waals surface area contributed by atoms with Crippen molar-refractivity contribution in [1.82, 2.24) is 19.7 Å². The Bertz CT molecular complexity index is 406. The van der Waals surface area contributed by atoms with Gasteiger partial charge in [-0.25, -0.2) is 0 Å². The van der Waals surface area contributed by atoms with Crippen molar-refractivity contribution in [1.29, 1.82) is 0 Å². The first-order chi connectivity index (χ1) is 8.41. The number of hydrogen-bond donors (Lipinski definition) is 1. The Labute approximate surface area is 111 Å². The molecule has 0 aliphatic heterocycles. The van der Waals surface area contributed by atoms with Crippen molar-refractivity contribution in [2.75, 3.05) is 19.3 Å². The van der Waals surface area contributed by atoms with Gasteiger partial charge < -0.3 is 14.6 Å². The average Bonchev–Trinajstić information content (AvgIpc) is 2.64. The summed E-state index contributed by atoms with van der Waals surface area (Å²) in [5.74, 6) is -0.00966. The normalized spacial score (nSPS) is 11.4. The third-order valence-electron chi connectivity index (χ3n) is 2.78. The largest absolute Gasteiger partial charge is 0.481 e. The summed E-state index contributed by atoms with van der Waals surface area (Å²) < 4.78 is 1.96. The first-order valence-corrected chi connectivity index (χ1v) is 6.85. The topological polar surface area (TPSA) is 71.2 Å². The van der Waals surface area contributed by atoms with Gasteiger partial charge in [0.05, 0.1) is 5.75 Å². The van der Waals surface area contributed by atoms with Crippen LogP contribution in [0.2, 0.25) is 0 Å². The number of nitrogens with zero attached hydrogens (tertiary/aromatic N) is 4. The number of aryl methyl sites for hydroxylation is 1. The van der Waals surface area contributed by atoms with Gasteiger partial charge in [0.25, 0.3) is 0 Å². The van der Waals surface area contributed by atoms with Crippen LogP contribution in [-0.2, 0) is 11.3 Å². The van der Waals surface area contributed by atoms with Crippen LogP contribution in [0.15, 0.2) is 5.16 Å². The molecule has 1 heterocycles. The molecule has 0 fully saturated rings. The number of thioether (sulfide) groups is 1. The van der Waals surface area contributed by atoms with Crippen molar-refractivity contribution in [2.24, 2.45) is 0 Å². The highest BCUT2D eigenvalue weighted by Crippen LogP contribution is 2.16. The van der Waals surface area contributed by atoms with Gasteiger partial charge in [-0.3, -0.25) is 4.79 Å². The van der Waals surface area contributed by atoms with Crippen molar-refractivity contribution in [3.63, 3.8) is 0 Å². The molecular formula is C11H20N4O2S. The summed E-state index contributed by atoms with van der Waals surface area (Å²) in [6.45, 7) is 7.82. The lowest BCUT2D eigenvalue weighted by Crippen LogP contribution is -2.30. The monoisotopic (exact) mass is 272 g/mol. The lowest BCUT2D eigenvalue weighted by molar-refractivity contribution is -0.133. The van der Waals surface area contributed by atoms with Crippen molar-refractivity contribution >= 4 is 17.7 Å². The van der Waals surface area contributed by atoms with Crippen molar-refractivity contribution in [3.8, 4) is 0 Å². The molecule has 0 saturated carbocycles.